The van der Waals surface area contributed by atoms with Crippen molar-refractivity contribution in [3.05, 3.63) is 29.8 Å². The molecule has 0 amide bonds. The molecule has 0 aromatic heterocycles. The van der Waals surface area contributed by atoms with Crippen LogP contribution in [0.1, 0.15) is 25.8 Å². The van der Waals surface area contributed by atoms with E-state index in [1.807, 2.05) is 12.1 Å². The van der Waals surface area contributed by atoms with Crippen LogP contribution >= 0.6 is 24.0 Å². The smallest absolute Gasteiger partial charge is 0.193 e. The molecule has 4 heteroatoms. The molecule has 1 saturated carbocycles. The summed E-state index contributed by atoms with van der Waals surface area (Å²) < 4.78 is 0. The highest BCUT2D eigenvalue weighted by atomic mass is 127. The van der Waals surface area contributed by atoms with E-state index in [0.29, 0.717) is 17.4 Å². The first kappa shape index (κ1) is 14.3. The summed E-state index contributed by atoms with van der Waals surface area (Å²) in [6, 6.07) is 8.49. The largest absolute Gasteiger partial charge is 0.370 e. The standard InChI is InChI=1S/C13H19N3.HI/c1-9-5-4-6-10(7-9)15-12(14)16-11-8-13(11,2)3;/h4-7,11H,8H2,1-3H3,(H3,14,15,16);1H. The van der Waals surface area contributed by atoms with Crippen molar-refractivity contribution in [3.63, 3.8) is 0 Å². The van der Waals surface area contributed by atoms with Gasteiger partial charge in [-0.15, -0.1) is 24.0 Å². The van der Waals surface area contributed by atoms with Crippen molar-refractivity contribution in [2.75, 3.05) is 5.32 Å². The van der Waals surface area contributed by atoms with E-state index in [2.05, 4.69) is 43.2 Å². The summed E-state index contributed by atoms with van der Waals surface area (Å²) >= 11 is 0. The van der Waals surface area contributed by atoms with Crippen molar-refractivity contribution in [2.45, 2.75) is 33.2 Å². The average molecular weight is 345 g/mol. The second-order valence-electron chi connectivity index (χ2n) is 5.22. The lowest BCUT2D eigenvalue weighted by atomic mass is 10.2. The Morgan fingerprint density at radius 2 is 2.12 bits per heavy atom. The lowest BCUT2D eigenvalue weighted by molar-refractivity contribution is 0.618. The molecule has 0 aliphatic heterocycles. The molecule has 0 spiro atoms. The molecule has 17 heavy (non-hydrogen) atoms. The van der Waals surface area contributed by atoms with Crippen LogP contribution in [-0.4, -0.2) is 12.0 Å². The molecule has 1 aliphatic carbocycles. The van der Waals surface area contributed by atoms with Crippen LogP contribution in [0.25, 0.3) is 0 Å². The minimum atomic E-state index is 0. The Kier molecular flexibility index (Phi) is 4.41. The summed E-state index contributed by atoms with van der Waals surface area (Å²) in [6.07, 6.45) is 1.13. The van der Waals surface area contributed by atoms with Gasteiger partial charge in [0.2, 0.25) is 0 Å². The molecule has 3 nitrogen and oxygen atoms in total. The highest BCUT2D eigenvalue weighted by Crippen LogP contribution is 2.47. The van der Waals surface area contributed by atoms with E-state index in [1.165, 1.54) is 5.56 Å². The van der Waals surface area contributed by atoms with Gasteiger partial charge in [-0.3, -0.25) is 0 Å². The normalized spacial score (nSPS) is 21.6. The Labute approximate surface area is 120 Å². The fraction of sp³-hybridized carbons (Fsp3) is 0.462. The van der Waals surface area contributed by atoms with E-state index < -0.39 is 0 Å². The Hall–Kier alpha value is -0.780. The quantitative estimate of drug-likeness (QED) is 0.492. The number of benzene rings is 1. The molecule has 3 N–H and O–H groups in total. The fourth-order valence-corrected chi connectivity index (χ4v) is 1.73. The van der Waals surface area contributed by atoms with E-state index in [9.17, 15) is 0 Å². The number of aryl methyl sites for hydroxylation is 1. The van der Waals surface area contributed by atoms with Gasteiger partial charge in [0.15, 0.2) is 5.96 Å². The number of hydrogen-bond donors (Lipinski definition) is 2. The van der Waals surface area contributed by atoms with Gasteiger partial charge in [-0.25, -0.2) is 4.99 Å². The van der Waals surface area contributed by atoms with E-state index in [-0.39, 0.29) is 24.0 Å². The molecule has 0 saturated heterocycles. The second kappa shape index (κ2) is 5.25. The zero-order valence-corrected chi connectivity index (χ0v) is 12.9. The van der Waals surface area contributed by atoms with Crippen molar-refractivity contribution in [1.82, 2.24) is 0 Å². The average Bonchev–Trinajstić information content (AvgIpc) is 2.72. The third-order valence-electron chi connectivity index (χ3n) is 3.05. The molecule has 1 aliphatic rings. The molecule has 1 unspecified atom stereocenters. The predicted octanol–water partition coefficient (Wildman–Crippen LogP) is 3.14. The lowest BCUT2D eigenvalue weighted by Gasteiger charge is -2.06. The first-order chi connectivity index (χ1) is 7.47. The van der Waals surface area contributed by atoms with Crippen molar-refractivity contribution in [1.29, 1.82) is 0 Å². The number of halogens is 1. The van der Waals surface area contributed by atoms with Gasteiger partial charge < -0.3 is 11.1 Å². The highest BCUT2D eigenvalue weighted by Gasteiger charge is 2.45. The van der Waals surface area contributed by atoms with Gasteiger partial charge in [0.1, 0.15) is 0 Å². The second-order valence-corrected chi connectivity index (χ2v) is 5.22. The molecule has 1 aromatic carbocycles. The van der Waals surface area contributed by atoms with Crippen LogP contribution in [0.15, 0.2) is 29.3 Å². The van der Waals surface area contributed by atoms with Crippen molar-refractivity contribution >= 4 is 35.6 Å². The van der Waals surface area contributed by atoms with Crippen LogP contribution < -0.4 is 11.1 Å². The number of hydrogen-bond acceptors (Lipinski definition) is 1. The fourth-order valence-electron chi connectivity index (χ4n) is 1.73. The van der Waals surface area contributed by atoms with Crippen molar-refractivity contribution in [3.8, 4) is 0 Å². The zero-order chi connectivity index (χ0) is 11.8. The molecule has 2 rings (SSSR count). The van der Waals surface area contributed by atoms with E-state index in [0.717, 1.165) is 12.1 Å². The minimum Gasteiger partial charge on any atom is -0.370 e. The van der Waals surface area contributed by atoms with E-state index in [4.69, 9.17) is 5.73 Å². The number of nitrogens with one attached hydrogen (secondary N) is 1. The first-order valence-corrected chi connectivity index (χ1v) is 5.64. The van der Waals surface area contributed by atoms with Crippen molar-refractivity contribution in [2.24, 2.45) is 16.1 Å². The molecule has 1 aromatic rings. The molecule has 0 bridgehead atoms. The maximum atomic E-state index is 5.86. The van der Waals surface area contributed by atoms with E-state index in [1.54, 1.807) is 0 Å². The van der Waals surface area contributed by atoms with Crippen LogP contribution in [-0.2, 0) is 0 Å². The Balaban J connectivity index is 0.00000144. The van der Waals surface area contributed by atoms with Gasteiger partial charge in [0.25, 0.3) is 0 Å². The molecule has 94 valence electrons. The summed E-state index contributed by atoms with van der Waals surface area (Å²) in [5, 5.41) is 3.12. The van der Waals surface area contributed by atoms with Gasteiger partial charge in [-0.05, 0) is 36.5 Å². The topological polar surface area (TPSA) is 50.4 Å². The maximum absolute atomic E-state index is 5.86. The van der Waals surface area contributed by atoms with Crippen LogP contribution in [0, 0.1) is 12.3 Å². The summed E-state index contributed by atoms with van der Waals surface area (Å²) in [5.41, 5.74) is 8.40. The SMILES string of the molecule is Cc1cccc(NC(N)=NC2CC2(C)C)c1.I. The Bertz CT molecular complexity index is 426. The zero-order valence-electron chi connectivity index (χ0n) is 10.5. The van der Waals surface area contributed by atoms with Crippen LogP contribution in [0.5, 0.6) is 0 Å². The van der Waals surface area contributed by atoms with Crippen LogP contribution in [0.3, 0.4) is 0 Å². The van der Waals surface area contributed by atoms with Crippen LogP contribution in [0.2, 0.25) is 0 Å². The number of anilines is 1. The third kappa shape index (κ3) is 3.87. The summed E-state index contributed by atoms with van der Waals surface area (Å²) in [4.78, 5) is 4.45. The monoisotopic (exact) mass is 345 g/mol. The van der Waals surface area contributed by atoms with Gasteiger partial charge in [-0.2, -0.15) is 0 Å². The molecule has 1 atom stereocenters. The number of nitrogens with two attached hydrogens (primary N) is 1. The summed E-state index contributed by atoms with van der Waals surface area (Å²) in [6.45, 7) is 6.48. The number of rotatable bonds is 2. The Morgan fingerprint density at radius 3 is 2.65 bits per heavy atom. The number of guanidine groups is 1. The molecular formula is C13H20IN3. The van der Waals surface area contributed by atoms with Crippen molar-refractivity contribution < 1.29 is 0 Å². The highest BCUT2D eigenvalue weighted by molar-refractivity contribution is 14.0. The van der Waals surface area contributed by atoms with Gasteiger partial charge in [0.05, 0.1) is 6.04 Å². The maximum Gasteiger partial charge on any atom is 0.193 e. The van der Waals surface area contributed by atoms with Gasteiger partial charge >= 0.3 is 0 Å². The summed E-state index contributed by atoms with van der Waals surface area (Å²) in [5.74, 6) is 0.515. The minimum absolute atomic E-state index is 0. The summed E-state index contributed by atoms with van der Waals surface area (Å²) in [7, 11) is 0. The van der Waals surface area contributed by atoms with E-state index >= 15 is 0 Å². The Morgan fingerprint density at radius 1 is 1.47 bits per heavy atom. The van der Waals surface area contributed by atoms with Gasteiger partial charge in [0, 0.05) is 5.69 Å². The molecule has 0 heterocycles. The number of aliphatic imine (C=N–C) groups is 1. The molecule has 1 fully saturated rings. The number of nitrogens with zero attached hydrogens (tertiary/aromatic N) is 1. The lowest BCUT2D eigenvalue weighted by Crippen LogP contribution is -2.23. The molecule has 0 radical (unpaired) electrons. The third-order valence-corrected chi connectivity index (χ3v) is 3.05. The predicted molar refractivity (Wildman–Crippen MR) is 84.0 cm³/mol. The van der Waals surface area contributed by atoms with Crippen LogP contribution in [0.4, 0.5) is 5.69 Å². The van der Waals surface area contributed by atoms with Gasteiger partial charge in [-0.1, -0.05) is 26.0 Å². The molecular weight excluding hydrogens is 325 g/mol. The first-order valence-electron chi connectivity index (χ1n) is 5.64.